The standard InChI is InChI=1S/C11H20N2O2/c1-12-10-5-6-13(8-3-4-8)7-9(10)11(14)15-2/h8-10,12H,3-7H2,1-2H3. The molecular weight excluding hydrogens is 192 g/mol. The van der Waals surface area contributed by atoms with Crippen molar-refractivity contribution in [3.8, 4) is 0 Å². The second-order valence-corrected chi connectivity index (χ2v) is 4.54. The molecule has 2 unspecified atom stereocenters. The summed E-state index contributed by atoms with van der Waals surface area (Å²) in [6.45, 7) is 1.98. The lowest BCUT2D eigenvalue weighted by Gasteiger charge is -2.37. The Hall–Kier alpha value is -0.610. The Morgan fingerprint density at radius 2 is 2.13 bits per heavy atom. The summed E-state index contributed by atoms with van der Waals surface area (Å²) in [5.41, 5.74) is 0. The van der Waals surface area contributed by atoms with Gasteiger partial charge in [-0.1, -0.05) is 0 Å². The van der Waals surface area contributed by atoms with Gasteiger partial charge in [-0.2, -0.15) is 0 Å². The molecule has 2 atom stereocenters. The second-order valence-electron chi connectivity index (χ2n) is 4.54. The van der Waals surface area contributed by atoms with E-state index in [4.69, 9.17) is 4.74 Å². The normalized spacial score (nSPS) is 32.7. The average Bonchev–Trinajstić information content (AvgIpc) is 3.11. The third-order valence-corrected chi connectivity index (χ3v) is 3.58. The van der Waals surface area contributed by atoms with Crippen LogP contribution in [0.2, 0.25) is 0 Å². The molecular formula is C11H20N2O2. The highest BCUT2D eigenvalue weighted by atomic mass is 16.5. The van der Waals surface area contributed by atoms with Gasteiger partial charge in [0.25, 0.3) is 0 Å². The zero-order chi connectivity index (χ0) is 10.8. The van der Waals surface area contributed by atoms with Gasteiger partial charge in [0.15, 0.2) is 0 Å². The maximum atomic E-state index is 11.6. The summed E-state index contributed by atoms with van der Waals surface area (Å²) in [6.07, 6.45) is 3.66. The highest BCUT2D eigenvalue weighted by Crippen LogP contribution is 2.31. The van der Waals surface area contributed by atoms with E-state index in [0.29, 0.717) is 0 Å². The predicted octanol–water partition coefficient (Wildman–Crippen LogP) is 0.232. The van der Waals surface area contributed by atoms with E-state index in [9.17, 15) is 4.79 Å². The number of esters is 1. The third kappa shape index (κ3) is 2.32. The van der Waals surface area contributed by atoms with Crippen LogP contribution in [0.25, 0.3) is 0 Å². The first-order valence-electron chi connectivity index (χ1n) is 5.75. The third-order valence-electron chi connectivity index (χ3n) is 3.58. The quantitative estimate of drug-likeness (QED) is 0.680. The second kappa shape index (κ2) is 4.49. The minimum Gasteiger partial charge on any atom is -0.469 e. The summed E-state index contributed by atoms with van der Waals surface area (Å²) in [5, 5.41) is 3.22. The van der Waals surface area contributed by atoms with Crippen LogP contribution in [0.4, 0.5) is 0 Å². The number of carbonyl (C=O) groups excluding carboxylic acids is 1. The van der Waals surface area contributed by atoms with Gasteiger partial charge in [0.1, 0.15) is 0 Å². The van der Waals surface area contributed by atoms with Gasteiger partial charge in [0.2, 0.25) is 0 Å². The van der Waals surface area contributed by atoms with E-state index < -0.39 is 0 Å². The lowest BCUT2D eigenvalue weighted by molar-refractivity contribution is -0.148. The van der Waals surface area contributed by atoms with E-state index in [2.05, 4.69) is 10.2 Å². The fraction of sp³-hybridized carbons (Fsp3) is 0.909. The number of likely N-dealkylation sites (tertiary alicyclic amines) is 1. The van der Waals surface area contributed by atoms with E-state index >= 15 is 0 Å². The smallest absolute Gasteiger partial charge is 0.311 e. The summed E-state index contributed by atoms with van der Waals surface area (Å²) in [4.78, 5) is 14.1. The monoisotopic (exact) mass is 212 g/mol. The van der Waals surface area contributed by atoms with E-state index in [1.165, 1.54) is 20.0 Å². The molecule has 1 aliphatic heterocycles. The number of rotatable bonds is 3. The van der Waals surface area contributed by atoms with E-state index in [-0.39, 0.29) is 17.9 Å². The first kappa shape index (κ1) is 10.9. The predicted molar refractivity (Wildman–Crippen MR) is 57.6 cm³/mol. The number of hydrogen-bond acceptors (Lipinski definition) is 4. The summed E-state index contributed by atoms with van der Waals surface area (Å²) >= 11 is 0. The minimum atomic E-state index is -0.0697. The number of methoxy groups -OCH3 is 1. The van der Waals surface area contributed by atoms with Crippen molar-refractivity contribution < 1.29 is 9.53 Å². The average molecular weight is 212 g/mol. The molecule has 4 heteroatoms. The molecule has 0 aromatic rings. The first-order chi connectivity index (χ1) is 7.26. The topological polar surface area (TPSA) is 41.6 Å². The maximum Gasteiger partial charge on any atom is 0.311 e. The number of ether oxygens (including phenoxy) is 1. The van der Waals surface area contributed by atoms with Crippen molar-refractivity contribution in [1.82, 2.24) is 10.2 Å². The Kier molecular flexibility index (Phi) is 3.26. The van der Waals surface area contributed by atoms with Crippen molar-refractivity contribution in [2.45, 2.75) is 31.3 Å². The van der Waals surface area contributed by atoms with Crippen molar-refractivity contribution in [3.05, 3.63) is 0 Å². The van der Waals surface area contributed by atoms with Gasteiger partial charge >= 0.3 is 5.97 Å². The zero-order valence-corrected chi connectivity index (χ0v) is 9.53. The van der Waals surface area contributed by atoms with Gasteiger partial charge in [-0.15, -0.1) is 0 Å². The summed E-state index contributed by atoms with van der Waals surface area (Å²) < 4.78 is 4.86. The van der Waals surface area contributed by atoms with Crippen LogP contribution >= 0.6 is 0 Å². The number of hydrogen-bond donors (Lipinski definition) is 1. The number of nitrogens with zero attached hydrogens (tertiary/aromatic N) is 1. The molecule has 1 saturated heterocycles. The highest BCUT2D eigenvalue weighted by Gasteiger charge is 2.39. The van der Waals surface area contributed by atoms with Crippen LogP contribution in [0.1, 0.15) is 19.3 Å². The number of nitrogens with one attached hydrogen (secondary N) is 1. The van der Waals surface area contributed by atoms with Crippen molar-refractivity contribution >= 4 is 5.97 Å². The van der Waals surface area contributed by atoms with Crippen LogP contribution in [-0.4, -0.2) is 50.2 Å². The molecule has 0 spiro atoms. The van der Waals surface area contributed by atoms with Crippen molar-refractivity contribution in [2.24, 2.45) is 5.92 Å². The van der Waals surface area contributed by atoms with Crippen molar-refractivity contribution in [1.29, 1.82) is 0 Å². The van der Waals surface area contributed by atoms with Crippen molar-refractivity contribution in [2.75, 3.05) is 27.2 Å². The molecule has 1 heterocycles. The molecule has 2 rings (SSSR count). The molecule has 2 aliphatic rings. The lowest BCUT2D eigenvalue weighted by atomic mass is 9.92. The zero-order valence-electron chi connectivity index (χ0n) is 9.53. The largest absolute Gasteiger partial charge is 0.469 e. The maximum absolute atomic E-state index is 11.6. The fourth-order valence-electron chi connectivity index (χ4n) is 2.48. The van der Waals surface area contributed by atoms with Gasteiger partial charge < -0.3 is 10.1 Å². The van der Waals surface area contributed by atoms with Crippen LogP contribution < -0.4 is 5.32 Å². The molecule has 86 valence electrons. The first-order valence-corrected chi connectivity index (χ1v) is 5.75. The van der Waals surface area contributed by atoms with Gasteiger partial charge in [-0.05, 0) is 32.9 Å². The minimum absolute atomic E-state index is 0.00866. The Labute approximate surface area is 91.0 Å². The van der Waals surface area contributed by atoms with Gasteiger partial charge in [0, 0.05) is 18.6 Å². The molecule has 1 aliphatic carbocycles. The Morgan fingerprint density at radius 3 is 2.67 bits per heavy atom. The summed E-state index contributed by atoms with van der Waals surface area (Å²) in [7, 11) is 3.40. The van der Waals surface area contributed by atoms with Gasteiger partial charge in [-0.25, -0.2) is 0 Å². The summed E-state index contributed by atoms with van der Waals surface area (Å²) in [5.74, 6) is -0.0611. The van der Waals surface area contributed by atoms with E-state index in [1.54, 1.807) is 0 Å². The van der Waals surface area contributed by atoms with Crippen LogP contribution in [0.3, 0.4) is 0 Å². The van der Waals surface area contributed by atoms with E-state index in [0.717, 1.165) is 25.6 Å². The summed E-state index contributed by atoms with van der Waals surface area (Å²) in [6, 6.07) is 1.03. The molecule has 0 aromatic carbocycles. The molecule has 0 radical (unpaired) electrons. The number of carbonyl (C=O) groups is 1. The SMILES string of the molecule is CNC1CCN(C2CC2)CC1C(=O)OC. The number of piperidine rings is 1. The molecule has 1 saturated carbocycles. The molecule has 1 N–H and O–H groups in total. The Bertz CT molecular complexity index is 241. The lowest BCUT2D eigenvalue weighted by Crippen LogP contribution is -2.52. The van der Waals surface area contributed by atoms with Crippen molar-refractivity contribution in [3.63, 3.8) is 0 Å². The molecule has 2 fully saturated rings. The highest BCUT2D eigenvalue weighted by molar-refractivity contribution is 5.73. The fourth-order valence-corrected chi connectivity index (χ4v) is 2.48. The van der Waals surface area contributed by atoms with Crippen LogP contribution in [0, 0.1) is 5.92 Å². The molecule has 4 nitrogen and oxygen atoms in total. The van der Waals surface area contributed by atoms with Gasteiger partial charge in [0.05, 0.1) is 13.0 Å². The molecule has 0 aromatic heterocycles. The Balaban J connectivity index is 1.97. The molecule has 0 bridgehead atoms. The van der Waals surface area contributed by atoms with E-state index in [1.807, 2.05) is 7.05 Å². The molecule has 15 heavy (non-hydrogen) atoms. The van der Waals surface area contributed by atoms with Gasteiger partial charge in [-0.3, -0.25) is 9.69 Å². The van der Waals surface area contributed by atoms with Crippen LogP contribution in [0.5, 0.6) is 0 Å². The Morgan fingerprint density at radius 1 is 1.40 bits per heavy atom. The van der Waals surface area contributed by atoms with Crippen LogP contribution in [0.15, 0.2) is 0 Å². The molecule has 0 amide bonds. The van der Waals surface area contributed by atoms with Crippen LogP contribution in [-0.2, 0) is 9.53 Å².